The molecule has 0 aromatic carbocycles. The second kappa shape index (κ2) is 4.74. The SMILES string of the molecule is C=N[C@@]1(c2ccc3c(N)ncnn23)O[C@H](CO)[C@@H](O)[C@H]1O. The second-order valence-corrected chi connectivity index (χ2v) is 4.79. The molecule has 1 aliphatic heterocycles. The van der Waals surface area contributed by atoms with E-state index in [1.807, 2.05) is 0 Å². The highest BCUT2D eigenvalue weighted by Crippen LogP contribution is 2.41. The monoisotopic (exact) mass is 293 g/mol. The van der Waals surface area contributed by atoms with Crippen molar-refractivity contribution in [2.24, 2.45) is 4.99 Å². The Hall–Kier alpha value is -2.07. The van der Waals surface area contributed by atoms with Crippen LogP contribution in [0.25, 0.3) is 5.52 Å². The molecule has 0 amide bonds. The van der Waals surface area contributed by atoms with E-state index in [1.165, 1.54) is 10.8 Å². The van der Waals surface area contributed by atoms with Crippen LogP contribution < -0.4 is 5.73 Å². The minimum atomic E-state index is -1.64. The molecular weight excluding hydrogens is 278 g/mol. The van der Waals surface area contributed by atoms with E-state index >= 15 is 0 Å². The molecule has 0 spiro atoms. The fourth-order valence-electron chi connectivity index (χ4n) is 2.60. The Kier molecular flexibility index (Phi) is 3.14. The molecule has 2 aromatic heterocycles. The predicted molar refractivity (Wildman–Crippen MR) is 72.6 cm³/mol. The lowest BCUT2D eigenvalue weighted by Gasteiger charge is -2.27. The maximum atomic E-state index is 10.3. The van der Waals surface area contributed by atoms with Crippen LogP contribution in [0.1, 0.15) is 5.69 Å². The fourth-order valence-corrected chi connectivity index (χ4v) is 2.60. The van der Waals surface area contributed by atoms with Gasteiger partial charge in [0.1, 0.15) is 35.8 Å². The third-order valence-corrected chi connectivity index (χ3v) is 3.70. The zero-order valence-corrected chi connectivity index (χ0v) is 11.0. The summed E-state index contributed by atoms with van der Waals surface area (Å²) in [4.78, 5) is 7.72. The number of hydrogen-bond acceptors (Lipinski definition) is 8. The van der Waals surface area contributed by atoms with Gasteiger partial charge in [0.05, 0.1) is 6.61 Å². The van der Waals surface area contributed by atoms with Crippen molar-refractivity contribution in [3.8, 4) is 0 Å². The molecule has 0 saturated carbocycles. The van der Waals surface area contributed by atoms with E-state index in [2.05, 4.69) is 21.8 Å². The van der Waals surface area contributed by atoms with E-state index in [4.69, 9.17) is 10.5 Å². The van der Waals surface area contributed by atoms with Crippen LogP contribution in [0, 0.1) is 0 Å². The number of ether oxygens (including phenoxy) is 1. The van der Waals surface area contributed by atoms with Crippen LogP contribution in [0.5, 0.6) is 0 Å². The standard InChI is InChI=1S/C12H15N5O4/c1-14-12(10(20)9(19)7(4-18)21-12)8-3-2-6-11(13)15-5-16-17(6)8/h2-3,5,7,9-10,18-20H,1,4H2,(H2,13,15,16)/t7-,9-,10-,12+/m1/s1. The maximum Gasteiger partial charge on any atom is 0.230 e. The summed E-state index contributed by atoms with van der Waals surface area (Å²) in [5.41, 5.74) is 4.96. The van der Waals surface area contributed by atoms with Gasteiger partial charge in [0, 0.05) is 0 Å². The minimum absolute atomic E-state index is 0.252. The van der Waals surface area contributed by atoms with Gasteiger partial charge in [0.2, 0.25) is 5.72 Å². The van der Waals surface area contributed by atoms with Gasteiger partial charge in [-0.25, -0.2) is 9.50 Å². The summed E-state index contributed by atoms with van der Waals surface area (Å²) in [6.07, 6.45) is -2.42. The molecule has 1 fully saturated rings. The summed E-state index contributed by atoms with van der Waals surface area (Å²) < 4.78 is 6.97. The largest absolute Gasteiger partial charge is 0.394 e. The number of aromatic nitrogens is 3. The van der Waals surface area contributed by atoms with Crippen molar-refractivity contribution in [2.45, 2.75) is 24.0 Å². The van der Waals surface area contributed by atoms with Crippen molar-refractivity contribution in [1.82, 2.24) is 14.6 Å². The van der Waals surface area contributed by atoms with Crippen LogP contribution in [0.15, 0.2) is 23.5 Å². The summed E-state index contributed by atoms with van der Waals surface area (Å²) >= 11 is 0. The number of nitrogens with zero attached hydrogens (tertiary/aromatic N) is 4. The zero-order valence-electron chi connectivity index (χ0n) is 11.0. The summed E-state index contributed by atoms with van der Waals surface area (Å²) in [5, 5.41) is 33.5. The van der Waals surface area contributed by atoms with Gasteiger partial charge in [-0.05, 0) is 18.9 Å². The molecule has 3 heterocycles. The Bertz CT molecular complexity index is 689. The summed E-state index contributed by atoms with van der Waals surface area (Å²) in [5.74, 6) is 0.252. The Morgan fingerprint density at radius 1 is 1.48 bits per heavy atom. The first-order valence-electron chi connectivity index (χ1n) is 6.26. The van der Waals surface area contributed by atoms with Crippen molar-refractivity contribution >= 4 is 18.1 Å². The van der Waals surface area contributed by atoms with Gasteiger partial charge in [-0.15, -0.1) is 0 Å². The third kappa shape index (κ3) is 1.75. The molecule has 9 heteroatoms. The summed E-state index contributed by atoms with van der Waals surface area (Å²) in [6, 6.07) is 3.25. The van der Waals surface area contributed by atoms with Gasteiger partial charge in [-0.3, -0.25) is 4.99 Å². The molecule has 21 heavy (non-hydrogen) atoms. The van der Waals surface area contributed by atoms with Gasteiger partial charge in [0.25, 0.3) is 0 Å². The molecule has 1 saturated heterocycles. The number of aliphatic hydroxyl groups is 3. The molecule has 5 N–H and O–H groups in total. The zero-order chi connectivity index (χ0) is 15.2. The minimum Gasteiger partial charge on any atom is -0.394 e. The van der Waals surface area contributed by atoms with Crippen LogP contribution in [0.2, 0.25) is 0 Å². The second-order valence-electron chi connectivity index (χ2n) is 4.79. The molecule has 2 aromatic rings. The van der Waals surface area contributed by atoms with Gasteiger partial charge in [-0.1, -0.05) is 0 Å². The van der Waals surface area contributed by atoms with E-state index in [-0.39, 0.29) is 5.82 Å². The molecule has 1 aliphatic rings. The first kappa shape index (κ1) is 13.9. The van der Waals surface area contributed by atoms with Crippen molar-refractivity contribution in [1.29, 1.82) is 0 Å². The Morgan fingerprint density at radius 2 is 2.24 bits per heavy atom. The molecule has 4 atom stereocenters. The third-order valence-electron chi connectivity index (χ3n) is 3.70. The smallest absolute Gasteiger partial charge is 0.230 e. The number of rotatable bonds is 3. The summed E-state index contributed by atoms with van der Waals surface area (Å²) in [6.45, 7) is 2.98. The lowest BCUT2D eigenvalue weighted by atomic mass is 10.0. The van der Waals surface area contributed by atoms with Gasteiger partial charge in [0.15, 0.2) is 5.82 Å². The van der Waals surface area contributed by atoms with E-state index < -0.39 is 30.6 Å². The number of hydrogen-bond donors (Lipinski definition) is 4. The molecule has 0 aliphatic carbocycles. The first-order valence-corrected chi connectivity index (χ1v) is 6.26. The average Bonchev–Trinajstić information content (AvgIpc) is 3.03. The van der Waals surface area contributed by atoms with E-state index in [0.717, 1.165) is 0 Å². The lowest BCUT2D eigenvalue weighted by Crippen LogP contribution is -2.40. The van der Waals surface area contributed by atoms with E-state index in [9.17, 15) is 15.3 Å². The van der Waals surface area contributed by atoms with Crippen LogP contribution in [0.4, 0.5) is 5.82 Å². The van der Waals surface area contributed by atoms with Crippen LogP contribution in [-0.2, 0) is 10.5 Å². The number of anilines is 1. The quantitative estimate of drug-likeness (QED) is 0.493. The normalized spacial score (nSPS) is 32.6. The Balaban J connectivity index is 2.19. The van der Waals surface area contributed by atoms with Crippen molar-refractivity contribution < 1.29 is 20.1 Å². The molecule has 3 rings (SSSR count). The average molecular weight is 293 g/mol. The van der Waals surface area contributed by atoms with Crippen molar-refractivity contribution in [2.75, 3.05) is 12.3 Å². The molecule has 0 radical (unpaired) electrons. The molecular formula is C12H15N5O4. The highest BCUT2D eigenvalue weighted by molar-refractivity contribution is 5.65. The van der Waals surface area contributed by atoms with E-state index in [1.54, 1.807) is 12.1 Å². The Morgan fingerprint density at radius 3 is 2.86 bits per heavy atom. The van der Waals surface area contributed by atoms with Crippen LogP contribution in [0.3, 0.4) is 0 Å². The highest BCUT2D eigenvalue weighted by atomic mass is 16.6. The number of fused-ring (bicyclic) bond motifs is 1. The lowest BCUT2D eigenvalue weighted by molar-refractivity contribution is -0.0950. The van der Waals surface area contributed by atoms with Crippen LogP contribution in [-0.4, -0.2) is 61.6 Å². The van der Waals surface area contributed by atoms with E-state index in [0.29, 0.717) is 11.2 Å². The predicted octanol–water partition coefficient (Wildman–Crippen LogP) is -1.72. The Labute approximate surface area is 119 Å². The fraction of sp³-hybridized carbons (Fsp3) is 0.417. The van der Waals surface area contributed by atoms with Gasteiger partial charge >= 0.3 is 0 Å². The number of aliphatic hydroxyl groups excluding tert-OH is 3. The topological polar surface area (TPSA) is 138 Å². The van der Waals surface area contributed by atoms with Crippen molar-refractivity contribution in [3.05, 3.63) is 24.2 Å². The maximum absolute atomic E-state index is 10.3. The molecule has 112 valence electrons. The summed E-state index contributed by atoms with van der Waals surface area (Å²) in [7, 11) is 0. The van der Waals surface area contributed by atoms with Gasteiger partial charge in [-0.2, -0.15) is 5.10 Å². The molecule has 0 bridgehead atoms. The highest BCUT2D eigenvalue weighted by Gasteiger charge is 2.56. The van der Waals surface area contributed by atoms with Crippen LogP contribution >= 0.6 is 0 Å². The number of aliphatic imine (C=N–C) groups is 1. The number of nitrogen functional groups attached to an aromatic ring is 1. The van der Waals surface area contributed by atoms with Crippen molar-refractivity contribution in [3.63, 3.8) is 0 Å². The van der Waals surface area contributed by atoms with Gasteiger partial charge < -0.3 is 25.8 Å². The number of nitrogens with two attached hydrogens (primary N) is 1. The molecule has 0 unspecified atom stereocenters. The first-order chi connectivity index (χ1) is 10.0. The molecule has 9 nitrogen and oxygen atoms in total.